The maximum Gasteiger partial charge on any atom is 0.418 e. The fourth-order valence-electron chi connectivity index (χ4n) is 3.19. The number of pyridine rings is 1. The van der Waals surface area contributed by atoms with Crippen molar-refractivity contribution in [2.24, 2.45) is 0 Å². The third kappa shape index (κ3) is 3.61. The highest BCUT2D eigenvalue weighted by Gasteiger charge is 2.31. The van der Waals surface area contributed by atoms with Crippen LogP contribution in [0, 0.1) is 6.92 Å². The minimum absolute atomic E-state index is 0.00108. The molecule has 0 spiro atoms. The molecule has 1 aromatic carbocycles. The summed E-state index contributed by atoms with van der Waals surface area (Å²) >= 11 is 0. The van der Waals surface area contributed by atoms with E-state index in [9.17, 15) is 18.3 Å². The Hall–Kier alpha value is -2.70. The molecule has 7 heteroatoms. The van der Waals surface area contributed by atoms with Crippen molar-refractivity contribution in [3.05, 3.63) is 59.4 Å². The predicted octanol–water partition coefficient (Wildman–Crippen LogP) is 4.49. The van der Waals surface area contributed by atoms with Gasteiger partial charge in [0.1, 0.15) is 0 Å². The van der Waals surface area contributed by atoms with Gasteiger partial charge in [-0.05, 0) is 37.0 Å². The first-order chi connectivity index (χ1) is 12.3. The quantitative estimate of drug-likeness (QED) is 0.840. The molecular weight excluding hydrogens is 343 g/mol. The van der Waals surface area contributed by atoms with Crippen LogP contribution < -0.4 is 10.2 Å². The zero-order valence-electron chi connectivity index (χ0n) is 14.4. The van der Waals surface area contributed by atoms with Gasteiger partial charge in [0.25, 0.3) is 0 Å². The molecule has 0 saturated carbocycles. The van der Waals surface area contributed by atoms with Gasteiger partial charge in [0, 0.05) is 24.1 Å². The molecule has 138 valence electrons. The van der Waals surface area contributed by atoms with Crippen LogP contribution in [0.1, 0.15) is 23.1 Å². The van der Waals surface area contributed by atoms with Gasteiger partial charge >= 0.3 is 6.18 Å². The van der Waals surface area contributed by atoms with E-state index in [0.29, 0.717) is 12.3 Å². The predicted molar refractivity (Wildman–Crippen MR) is 95.4 cm³/mol. The minimum atomic E-state index is -4.54. The van der Waals surface area contributed by atoms with Crippen LogP contribution in [-0.2, 0) is 12.6 Å². The summed E-state index contributed by atoms with van der Waals surface area (Å²) in [4.78, 5) is 5.80. The van der Waals surface area contributed by atoms with Gasteiger partial charge in [-0.15, -0.1) is 0 Å². The van der Waals surface area contributed by atoms with Crippen LogP contribution in [0.5, 0.6) is 5.75 Å². The van der Waals surface area contributed by atoms with E-state index in [2.05, 4.69) is 27.8 Å². The molecule has 1 aromatic heterocycles. The summed E-state index contributed by atoms with van der Waals surface area (Å²) in [7, 11) is 0. The number of nitrogens with zero attached hydrogens (tertiary/aromatic N) is 2. The molecular formula is C19H20F3N3O. The highest BCUT2D eigenvalue weighted by molar-refractivity contribution is 5.65. The third-order valence-electron chi connectivity index (χ3n) is 4.46. The van der Waals surface area contributed by atoms with Crippen molar-refractivity contribution in [2.45, 2.75) is 25.9 Å². The van der Waals surface area contributed by atoms with Gasteiger partial charge < -0.3 is 15.3 Å². The number of anilines is 2. The highest BCUT2D eigenvalue weighted by atomic mass is 19.4. The normalized spacial score (nSPS) is 14.1. The van der Waals surface area contributed by atoms with Crippen LogP contribution in [0.15, 0.2) is 42.7 Å². The summed E-state index contributed by atoms with van der Waals surface area (Å²) in [5.41, 5.74) is 3.32. The van der Waals surface area contributed by atoms with Crippen molar-refractivity contribution >= 4 is 11.5 Å². The second kappa shape index (κ2) is 6.90. The first-order valence-electron chi connectivity index (χ1n) is 8.31. The number of para-hydroxylation sites is 1. The van der Waals surface area contributed by atoms with Gasteiger partial charge in [0.05, 0.1) is 12.1 Å². The largest absolute Gasteiger partial charge is 0.504 e. The zero-order valence-corrected chi connectivity index (χ0v) is 14.4. The Labute approximate surface area is 150 Å². The molecule has 0 amide bonds. The van der Waals surface area contributed by atoms with Gasteiger partial charge in [-0.1, -0.05) is 24.8 Å². The second-order valence-electron chi connectivity index (χ2n) is 6.35. The minimum Gasteiger partial charge on any atom is -0.504 e. The molecule has 2 heterocycles. The third-order valence-corrected chi connectivity index (χ3v) is 4.46. The van der Waals surface area contributed by atoms with E-state index in [1.807, 2.05) is 19.1 Å². The Balaban J connectivity index is 1.73. The number of fused-ring (bicyclic) bond motifs is 1. The number of aryl methyl sites for hydroxylation is 2. The Bertz CT molecular complexity index is 833. The monoisotopic (exact) mass is 363 g/mol. The average molecular weight is 363 g/mol. The lowest BCUT2D eigenvalue weighted by atomic mass is 9.98. The molecule has 1 aliphatic heterocycles. The fourth-order valence-corrected chi connectivity index (χ4v) is 3.19. The number of aromatic hydroxyl groups is 1. The van der Waals surface area contributed by atoms with E-state index in [1.54, 1.807) is 0 Å². The smallest absolute Gasteiger partial charge is 0.418 e. The molecule has 0 fully saturated rings. The molecule has 0 radical (unpaired) electrons. The van der Waals surface area contributed by atoms with Gasteiger partial charge in [0.15, 0.2) is 11.6 Å². The molecule has 0 unspecified atom stereocenters. The van der Waals surface area contributed by atoms with Crippen molar-refractivity contribution < 1.29 is 18.3 Å². The Kier molecular flexibility index (Phi) is 4.80. The Morgan fingerprint density at radius 3 is 2.85 bits per heavy atom. The van der Waals surface area contributed by atoms with E-state index >= 15 is 0 Å². The standard InChI is InChI=1S/C19H20F3N3O/c1-12-5-3-6-14-7-4-8-25(17(12)14)13(2)10-23-18-16(26)9-15(11-24-18)19(20,21)22/h3,5-6,9,11,26H,2,4,7-8,10H2,1H3,(H,23,24). The van der Waals surface area contributed by atoms with E-state index in [4.69, 9.17) is 0 Å². The summed E-state index contributed by atoms with van der Waals surface area (Å²) in [5.74, 6) is -0.538. The molecule has 3 rings (SSSR count). The topological polar surface area (TPSA) is 48.4 Å². The molecule has 0 bridgehead atoms. The molecule has 26 heavy (non-hydrogen) atoms. The van der Waals surface area contributed by atoms with Crippen LogP contribution in [0.3, 0.4) is 0 Å². The van der Waals surface area contributed by atoms with Crippen LogP contribution >= 0.6 is 0 Å². The Morgan fingerprint density at radius 1 is 1.38 bits per heavy atom. The maximum absolute atomic E-state index is 12.6. The molecule has 0 atom stereocenters. The molecule has 0 aliphatic carbocycles. The highest BCUT2D eigenvalue weighted by Crippen LogP contribution is 2.34. The zero-order chi connectivity index (χ0) is 18.9. The molecule has 1 aliphatic rings. The lowest BCUT2D eigenvalue weighted by molar-refractivity contribution is -0.137. The van der Waals surface area contributed by atoms with Gasteiger partial charge in [-0.2, -0.15) is 13.2 Å². The summed E-state index contributed by atoms with van der Waals surface area (Å²) < 4.78 is 37.9. The number of rotatable bonds is 4. The summed E-state index contributed by atoms with van der Waals surface area (Å²) in [6.07, 6.45) is -1.83. The van der Waals surface area contributed by atoms with Crippen LogP contribution in [-0.4, -0.2) is 23.2 Å². The summed E-state index contributed by atoms with van der Waals surface area (Å²) in [6.45, 7) is 7.22. The lowest BCUT2D eigenvalue weighted by Crippen LogP contribution is -2.32. The molecule has 0 saturated heterocycles. The molecule has 4 nitrogen and oxygen atoms in total. The lowest BCUT2D eigenvalue weighted by Gasteiger charge is -2.34. The van der Waals surface area contributed by atoms with Crippen molar-refractivity contribution in [1.29, 1.82) is 0 Å². The number of hydrogen-bond donors (Lipinski definition) is 2. The number of aromatic nitrogens is 1. The summed E-state index contributed by atoms with van der Waals surface area (Å²) in [5, 5.41) is 12.7. The van der Waals surface area contributed by atoms with Crippen molar-refractivity contribution in [2.75, 3.05) is 23.3 Å². The molecule has 2 N–H and O–H groups in total. The van der Waals surface area contributed by atoms with E-state index in [-0.39, 0.29) is 12.4 Å². The van der Waals surface area contributed by atoms with Crippen molar-refractivity contribution in [1.82, 2.24) is 4.98 Å². The number of benzene rings is 1. The van der Waals surface area contributed by atoms with Gasteiger partial charge in [-0.25, -0.2) is 4.98 Å². The average Bonchev–Trinajstić information content (AvgIpc) is 2.59. The molecule has 2 aromatic rings. The van der Waals surface area contributed by atoms with E-state index in [1.165, 1.54) is 5.56 Å². The van der Waals surface area contributed by atoms with E-state index in [0.717, 1.165) is 36.3 Å². The number of alkyl halides is 3. The number of nitrogens with one attached hydrogen (secondary N) is 1. The van der Waals surface area contributed by atoms with Gasteiger partial charge in [0.2, 0.25) is 0 Å². The van der Waals surface area contributed by atoms with Gasteiger partial charge in [-0.3, -0.25) is 0 Å². The first-order valence-corrected chi connectivity index (χ1v) is 8.31. The van der Waals surface area contributed by atoms with E-state index < -0.39 is 17.5 Å². The maximum atomic E-state index is 12.6. The van der Waals surface area contributed by atoms with Crippen LogP contribution in [0.25, 0.3) is 0 Å². The first kappa shape index (κ1) is 18.1. The van der Waals surface area contributed by atoms with Crippen LogP contribution in [0.2, 0.25) is 0 Å². The fraction of sp³-hybridized carbons (Fsp3) is 0.316. The van der Waals surface area contributed by atoms with Crippen LogP contribution in [0.4, 0.5) is 24.7 Å². The SMILES string of the molecule is C=C(CNc1ncc(C(F)(F)F)cc1O)N1CCCc2cccc(C)c21. The van der Waals surface area contributed by atoms with Crippen molar-refractivity contribution in [3.8, 4) is 5.75 Å². The Morgan fingerprint density at radius 2 is 2.15 bits per heavy atom. The number of halogens is 3. The number of hydrogen-bond acceptors (Lipinski definition) is 4. The summed E-state index contributed by atoms with van der Waals surface area (Å²) in [6, 6.07) is 6.83. The van der Waals surface area contributed by atoms with Crippen molar-refractivity contribution in [3.63, 3.8) is 0 Å². The second-order valence-corrected chi connectivity index (χ2v) is 6.35.